The summed E-state index contributed by atoms with van der Waals surface area (Å²) in [7, 11) is 2.18. The smallest absolute Gasteiger partial charge is 0.237 e. The molecule has 2 heterocycles. The fourth-order valence-corrected chi connectivity index (χ4v) is 2.78. The van der Waals surface area contributed by atoms with Crippen molar-refractivity contribution in [2.24, 2.45) is 5.92 Å². The molecule has 17 heavy (non-hydrogen) atoms. The predicted molar refractivity (Wildman–Crippen MR) is 68.9 cm³/mol. The lowest BCUT2D eigenvalue weighted by atomic mass is 9.94. The molecule has 1 amide bonds. The van der Waals surface area contributed by atoms with E-state index < -0.39 is 0 Å². The molecule has 2 aliphatic rings. The largest absolute Gasteiger partial charge is 0.355 e. The maximum absolute atomic E-state index is 11.8. The van der Waals surface area contributed by atoms with Gasteiger partial charge in [0.1, 0.15) is 0 Å². The van der Waals surface area contributed by atoms with Crippen LogP contribution in [0.3, 0.4) is 0 Å². The Labute approximate surface area is 104 Å². The molecule has 2 rings (SSSR count). The Hall–Kier alpha value is -0.610. The fraction of sp³-hybridized carbons (Fsp3) is 0.923. The SMILES string of the molecule is CN1CCC(CCNC(=O)C2CCCN2)CC1. The maximum atomic E-state index is 11.8. The van der Waals surface area contributed by atoms with E-state index in [1.165, 1.54) is 25.9 Å². The molecule has 1 atom stereocenters. The Balaban J connectivity index is 1.57. The first-order valence-electron chi connectivity index (χ1n) is 6.95. The molecule has 2 saturated heterocycles. The third-order valence-corrected chi connectivity index (χ3v) is 4.07. The van der Waals surface area contributed by atoms with E-state index in [0.717, 1.165) is 38.3 Å². The van der Waals surface area contributed by atoms with E-state index in [1.54, 1.807) is 0 Å². The number of carbonyl (C=O) groups excluding carboxylic acids is 1. The first kappa shape index (κ1) is 12.8. The minimum Gasteiger partial charge on any atom is -0.355 e. The van der Waals surface area contributed by atoms with Crippen LogP contribution in [0.2, 0.25) is 0 Å². The van der Waals surface area contributed by atoms with Crippen LogP contribution < -0.4 is 10.6 Å². The van der Waals surface area contributed by atoms with Crippen molar-refractivity contribution in [3.63, 3.8) is 0 Å². The molecule has 2 fully saturated rings. The second-order valence-corrected chi connectivity index (χ2v) is 5.48. The highest BCUT2D eigenvalue weighted by molar-refractivity contribution is 5.81. The van der Waals surface area contributed by atoms with Gasteiger partial charge in [-0.2, -0.15) is 0 Å². The second kappa shape index (κ2) is 6.36. The minimum absolute atomic E-state index is 0.0764. The van der Waals surface area contributed by atoms with Crippen LogP contribution in [0.15, 0.2) is 0 Å². The summed E-state index contributed by atoms with van der Waals surface area (Å²) in [5.41, 5.74) is 0. The number of amides is 1. The Morgan fingerprint density at radius 1 is 1.35 bits per heavy atom. The van der Waals surface area contributed by atoms with Gasteiger partial charge in [-0.15, -0.1) is 0 Å². The van der Waals surface area contributed by atoms with Crippen LogP contribution in [0.1, 0.15) is 32.1 Å². The van der Waals surface area contributed by atoms with Crippen LogP contribution in [-0.2, 0) is 4.79 Å². The molecule has 0 aromatic rings. The maximum Gasteiger partial charge on any atom is 0.237 e. The number of carbonyl (C=O) groups is 1. The molecule has 0 aromatic carbocycles. The van der Waals surface area contributed by atoms with Crippen LogP contribution in [0, 0.1) is 5.92 Å². The van der Waals surface area contributed by atoms with E-state index in [9.17, 15) is 4.79 Å². The lowest BCUT2D eigenvalue weighted by Gasteiger charge is -2.29. The third-order valence-electron chi connectivity index (χ3n) is 4.07. The van der Waals surface area contributed by atoms with Gasteiger partial charge in [0.2, 0.25) is 5.91 Å². The summed E-state index contributed by atoms with van der Waals surface area (Å²) < 4.78 is 0. The average Bonchev–Trinajstić information content (AvgIpc) is 2.85. The number of hydrogen-bond acceptors (Lipinski definition) is 3. The van der Waals surface area contributed by atoms with Gasteiger partial charge in [0, 0.05) is 6.54 Å². The number of likely N-dealkylation sites (tertiary alicyclic amines) is 1. The van der Waals surface area contributed by atoms with E-state index in [2.05, 4.69) is 22.6 Å². The van der Waals surface area contributed by atoms with Gasteiger partial charge in [0.05, 0.1) is 6.04 Å². The van der Waals surface area contributed by atoms with Crippen LogP contribution in [0.25, 0.3) is 0 Å². The summed E-state index contributed by atoms with van der Waals surface area (Å²) in [4.78, 5) is 14.1. The summed E-state index contributed by atoms with van der Waals surface area (Å²) >= 11 is 0. The first-order chi connectivity index (χ1) is 8.25. The Morgan fingerprint density at radius 2 is 2.12 bits per heavy atom. The van der Waals surface area contributed by atoms with Crippen molar-refractivity contribution >= 4 is 5.91 Å². The molecule has 0 aliphatic carbocycles. The Kier molecular flexibility index (Phi) is 4.80. The normalized spacial score (nSPS) is 27.2. The lowest BCUT2D eigenvalue weighted by Crippen LogP contribution is -2.41. The number of rotatable bonds is 4. The zero-order valence-electron chi connectivity index (χ0n) is 10.9. The Morgan fingerprint density at radius 3 is 2.76 bits per heavy atom. The van der Waals surface area contributed by atoms with Crippen molar-refractivity contribution in [1.29, 1.82) is 0 Å². The average molecular weight is 239 g/mol. The molecular formula is C13H25N3O. The van der Waals surface area contributed by atoms with E-state index in [1.807, 2.05) is 0 Å². The third kappa shape index (κ3) is 3.96. The van der Waals surface area contributed by atoms with Crippen LogP contribution in [0.5, 0.6) is 0 Å². The summed E-state index contributed by atoms with van der Waals surface area (Å²) in [6.45, 7) is 4.27. The molecule has 0 aromatic heterocycles. The standard InChI is InChI=1S/C13H25N3O/c1-16-9-5-11(6-10-16)4-8-15-13(17)12-3-2-7-14-12/h11-12,14H,2-10H2,1H3,(H,15,17). The van der Waals surface area contributed by atoms with E-state index >= 15 is 0 Å². The van der Waals surface area contributed by atoms with Gasteiger partial charge in [-0.05, 0) is 64.7 Å². The number of nitrogens with one attached hydrogen (secondary N) is 2. The molecule has 0 spiro atoms. The van der Waals surface area contributed by atoms with Gasteiger partial charge < -0.3 is 15.5 Å². The quantitative estimate of drug-likeness (QED) is 0.754. The van der Waals surface area contributed by atoms with Gasteiger partial charge in [0.15, 0.2) is 0 Å². The predicted octanol–water partition coefficient (Wildman–Crippen LogP) is 0.587. The van der Waals surface area contributed by atoms with Crippen molar-refractivity contribution in [1.82, 2.24) is 15.5 Å². The molecule has 1 unspecified atom stereocenters. The molecule has 2 N–H and O–H groups in total. The summed E-state index contributed by atoms with van der Waals surface area (Å²) in [5, 5.41) is 6.30. The van der Waals surface area contributed by atoms with Gasteiger partial charge in [-0.25, -0.2) is 0 Å². The van der Waals surface area contributed by atoms with E-state index in [4.69, 9.17) is 0 Å². The van der Waals surface area contributed by atoms with Gasteiger partial charge in [-0.1, -0.05) is 0 Å². The molecule has 0 radical (unpaired) electrons. The number of hydrogen-bond donors (Lipinski definition) is 2. The first-order valence-corrected chi connectivity index (χ1v) is 6.95. The van der Waals surface area contributed by atoms with E-state index in [0.29, 0.717) is 0 Å². The molecule has 0 saturated carbocycles. The molecule has 0 bridgehead atoms. The zero-order valence-corrected chi connectivity index (χ0v) is 10.9. The van der Waals surface area contributed by atoms with Crippen LogP contribution in [0.4, 0.5) is 0 Å². The van der Waals surface area contributed by atoms with Crippen LogP contribution >= 0.6 is 0 Å². The summed E-state index contributed by atoms with van der Waals surface area (Å²) in [6.07, 6.45) is 5.85. The topological polar surface area (TPSA) is 44.4 Å². The van der Waals surface area contributed by atoms with E-state index in [-0.39, 0.29) is 11.9 Å². The highest BCUT2D eigenvalue weighted by atomic mass is 16.2. The van der Waals surface area contributed by atoms with Gasteiger partial charge in [0.25, 0.3) is 0 Å². The highest BCUT2D eigenvalue weighted by Gasteiger charge is 2.22. The number of nitrogens with zero attached hydrogens (tertiary/aromatic N) is 1. The van der Waals surface area contributed by atoms with Gasteiger partial charge >= 0.3 is 0 Å². The number of piperidine rings is 1. The molecule has 2 aliphatic heterocycles. The fourth-order valence-electron chi connectivity index (χ4n) is 2.78. The van der Waals surface area contributed by atoms with Crippen LogP contribution in [-0.4, -0.2) is 50.1 Å². The van der Waals surface area contributed by atoms with Crippen molar-refractivity contribution in [3.8, 4) is 0 Å². The minimum atomic E-state index is 0.0764. The molecule has 4 heteroatoms. The van der Waals surface area contributed by atoms with Gasteiger partial charge in [-0.3, -0.25) is 4.79 Å². The molecule has 4 nitrogen and oxygen atoms in total. The molecule has 98 valence electrons. The summed E-state index contributed by atoms with van der Waals surface area (Å²) in [5.74, 6) is 1.01. The van der Waals surface area contributed by atoms with Crippen molar-refractivity contribution < 1.29 is 4.79 Å². The van der Waals surface area contributed by atoms with Crippen molar-refractivity contribution in [2.75, 3.05) is 33.2 Å². The summed E-state index contributed by atoms with van der Waals surface area (Å²) in [6, 6.07) is 0.0764. The zero-order chi connectivity index (χ0) is 12.1. The van der Waals surface area contributed by atoms with Crippen molar-refractivity contribution in [2.45, 2.75) is 38.1 Å². The second-order valence-electron chi connectivity index (χ2n) is 5.48. The monoisotopic (exact) mass is 239 g/mol. The Bertz CT molecular complexity index is 243. The van der Waals surface area contributed by atoms with Crippen molar-refractivity contribution in [3.05, 3.63) is 0 Å². The lowest BCUT2D eigenvalue weighted by molar-refractivity contribution is -0.122. The molecular weight excluding hydrogens is 214 g/mol. The highest BCUT2D eigenvalue weighted by Crippen LogP contribution is 2.18.